The summed E-state index contributed by atoms with van der Waals surface area (Å²) in [5.41, 5.74) is 1.93. The minimum atomic E-state index is -0.803. The number of hydrogen-bond donors (Lipinski definition) is 2. The summed E-state index contributed by atoms with van der Waals surface area (Å²) in [6, 6.07) is 9.50. The Bertz CT molecular complexity index is 955. The molecule has 1 aromatic carbocycles. The number of pyridine rings is 1. The number of methoxy groups -OCH3 is 1. The normalized spacial score (nSPS) is 12.2. The van der Waals surface area contributed by atoms with E-state index in [1.54, 1.807) is 6.92 Å². The topological polar surface area (TPSA) is 84.3 Å². The SMILES string of the molecule is COC(=O)[C@H](Cc1c[nH]c2ccccc12)n1c(C)cc(O)cc1=O. The van der Waals surface area contributed by atoms with Crippen LogP contribution in [0.1, 0.15) is 17.3 Å². The van der Waals surface area contributed by atoms with Crippen molar-refractivity contribution in [2.24, 2.45) is 0 Å². The highest BCUT2D eigenvalue weighted by atomic mass is 16.5. The Kier molecular flexibility index (Phi) is 4.12. The summed E-state index contributed by atoms with van der Waals surface area (Å²) in [7, 11) is 1.30. The zero-order valence-corrected chi connectivity index (χ0v) is 13.4. The van der Waals surface area contributed by atoms with Gasteiger partial charge in [0.05, 0.1) is 7.11 Å². The Morgan fingerprint density at radius 2 is 2.08 bits per heavy atom. The van der Waals surface area contributed by atoms with Gasteiger partial charge < -0.3 is 14.8 Å². The molecule has 2 aromatic heterocycles. The van der Waals surface area contributed by atoms with Gasteiger partial charge in [0.15, 0.2) is 0 Å². The average Bonchev–Trinajstić information content (AvgIpc) is 2.95. The second kappa shape index (κ2) is 6.23. The second-order valence-corrected chi connectivity index (χ2v) is 5.67. The van der Waals surface area contributed by atoms with Crippen LogP contribution in [0.2, 0.25) is 0 Å². The maximum absolute atomic E-state index is 12.3. The third kappa shape index (κ3) is 2.78. The van der Waals surface area contributed by atoms with Crippen LogP contribution in [-0.2, 0) is 16.0 Å². The lowest BCUT2D eigenvalue weighted by molar-refractivity contribution is -0.144. The molecule has 1 atom stereocenters. The highest BCUT2D eigenvalue weighted by Gasteiger charge is 2.25. The number of esters is 1. The smallest absolute Gasteiger partial charge is 0.329 e. The fourth-order valence-electron chi connectivity index (χ4n) is 3.02. The molecule has 0 saturated heterocycles. The molecule has 0 amide bonds. The molecule has 3 rings (SSSR count). The van der Waals surface area contributed by atoms with Crippen molar-refractivity contribution in [3.8, 4) is 5.75 Å². The maximum Gasteiger partial charge on any atom is 0.329 e. The lowest BCUT2D eigenvalue weighted by atomic mass is 10.0. The zero-order chi connectivity index (χ0) is 17.3. The minimum Gasteiger partial charge on any atom is -0.508 e. The van der Waals surface area contributed by atoms with Crippen LogP contribution < -0.4 is 5.56 Å². The summed E-state index contributed by atoms with van der Waals surface area (Å²) < 4.78 is 6.25. The van der Waals surface area contributed by atoms with E-state index >= 15 is 0 Å². The van der Waals surface area contributed by atoms with Crippen molar-refractivity contribution in [1.29, 1.82) is 0 Å². The predicted molar refractivity (Wildman–Crippen MR) is 90.2 cm³/mol. The van der Waals surface area contributed by atoms with E-state index in [0.29, 0.717) is 12.1 Å². The van der Waals surface area contributed by atoms with Gasteiger partial charge in [-0.2, -0.15) is 0 Å². The number of fused-ring (bicyclic) bond motifs is 1. The number of aromatic nitrogens is 2. The average molecular weight is 326 g/mol. The summed E-state index contributed by atoms with van der Waals surface area (Å²) >= 11 is 0. The molecule has 124 valence electrons. The molecule has 24 heavy (non-hydrogen) atoms. The summed E-state index contributed by atoms with van der Waals surface area (Å²) in [4.78, 5) is 27.8. The number of benzene rings is 1. The van der Waals surface area contributed by atoms with Crippen molar-refractivity contribution in [3.63, 3.8) is 0 Å². The number of carbonyl (C=O) groups is 1. The van der Waals surface area contributed by atoms with Gasteiger partial charge in [-0.05, 0) is 24.6 Å². The molecule has 0 fully saturated rings. The number of carbonyl (C=O) groups excluding carboxylic acids is 1. The van der Waals surface area contributed by atoms with Gasteiger partial charge >= 0.3 is 5.97 Å². The van der Waals surface area contributed by atoms with Gasteiger partial charge in [0.25, 0.3) is 5.56 Å². The molecule has 0 aliphatic heterocycles. The predicted octanol–water partition coefficient (Wildman–Crippen LogP) is 2.30. The van der Waals surface area contributed by atoms with Gasteiger partial charge in [0.2, 0.25) is 0 Å². The van der Waals surface area contributed by atoms with Gasteiger partial charge in [-0.1, -0.05) is 18.2 Å². The molecule has 0 saturated carbocycles. The summed E-state index contributed by atoms with van der Waals surface area (Å²) in [5, 5.41) is 10.6. The largest absolute Gasteiger partial charge is 0.508 e. The number of aromatic hydroxyl groups is 1. The van der Waals surface area contributed by atoms with Crippen LogP contribution >= 0.6 is 0 Å². The van der Waals surface area contributed by atoms with E-state index in [9.17, 15) is 14.7 Å². The van der Waals surface area contributed by atoms with Crippen molar-refractivity contribution in [2.75, 3.05) is 7.11 Å². The number of nitrogens with one attached hydrogen (secondary N) is 1. The first-order valence-electron chi connectivity index (χ1n) is 7.56. The van der Waals surface area contributed by atoms with Crippen LogP contribution in [0.4, 0.5) is 0 Å². The lowest BCUT2D eigenvalue weighted by Crippen LogP contribution is -2.33. The van der Waals surface area contributed by atoms with Gasteiger partial charge in [-0.25, -0.2) is 4.79 Å². The summed E-state index contributed by atoms with van der Waals surface area (Å²) in [5.74, 6) is -0.624. The lowest BCUT2D eigenvalue weighted by Gasteiger charge is -2.20. The Balaban J connectivity index is 2.09. The third-order valence-corrected chi connectivity index (χ3v) is 4.12. The van der Waals surface area contributed by atoms with Crippen molar-refractivity contribution in [2.45, 2.75) is 19.4 Å². The molecule has 2 N–H and O–H groups in total. The van der Waals surface area contributed by atoms with Crippen LogP contribution in [0, 0.1) is 6.92 Å². The second-order valence-electron chi connectivity index (χ2n) is 5.67. The Hall–Kier alpha value is -3.02. The first kappa shape index (κ1) is 15.9. The van der Waals surface area contributed by atoms with Gasteiger partial charge in [-0.15, -0.1) is 0 Å². The molecule has 0 unspecified atom stereocenters. The van der Waals surface area contributed by atoms with E-state index in [1.165, 1.54) is 17.7 Å². The number of ether oxygens (including phenoxy) is 1. The number of aryl methyl sites for hydroxylation is 1. The molecule has 0 radical (unpaired) electrons. The Labute approximate surface area is 138 Å². The monoisotopic (exact) mass is 326 g/mol. The van der Waals surface area contributed by atoms with Gasteiger partial charge in [0.1, 0.15) is 11.8 Å². The third-order valence-electron chi connectivity index (χ3n) is 4.12. The summed E-state index contributed by atoms with van der Waals surface area (Å²) in [6.45, 7) is 1.67. The molecular formula is C18H18N2O4. The molecule has 6 nitrogen and oxygen atoms in total. The van der Waals surface area contributed by atoms with E-state index in [4.69, 9.17) is 4.74 Å². The van der Waals surface area contributed by atoms with Crippen molar-refractivity contribution in [1.82, 2.24) is 9.55 Å². The van der Waals surface area contributed by atoms with Crippen LogP contribution in [0.15, 0.2) is 47.4 Å². The van der Waals surface area contributed by atoms with E-state index in [2.05, 4.69) is 4.98 Å². The molecule has 3 aromatic rings. The van der Waals surface area contributed by atoms with Crippen LogP contribution in [0.25, 0.3) is 10.9 Å². The van der Waals surface area contributed by atoms with Crippen LogP contribution in [0.3, 0.4) is 0 Å². The molecule has 6 heteroatoms. The number of rotatable bonds is 4. The number of aromatic amines is 1. The van der Waals surface area contributed by atoms with Gasteiger partial charge in [-0.3, -0.25) is 9.36 Å². The standard InChI is InChI=1S/C18H18N2O4/c1-11-7-13(21)9-17(22)20(11)16(18(23)24-2)8-12-10-19-15-6-4-3-5-14(12)15/h3-7,9-10,16,19,21H,8H2,1-2H3/t16-/m0/s1. The Morgan fingerprint density at radius 3 is 2.79 bits per heavy atom. The minimum absolute atomic E-state index is 0.121. The molecule has 0 bridgehead atoms. The molecule has 0 spiro atoms. The first-order chi connectivity index (χ1) is 11.5. The molecular weight excluding hydrogens is 308 g/mol. The van der Waals surface area contributed by atoms with E-state index in [0.717, 1.165) is 22.5 Å². The number of H-pyrrole nitrogens is 1. The first-order valence-corrected chi connectivity index (χ1v) is 7.56. The van der Waals surface area contributed by atoms with E-state index in [1.807, 2.05) is 30.5 Å². The fraction of sp³-hybridized carbons (Fsp3) is 0.222. The highest BCUT2D eigenvalue weighted by Crippen LogP contribution is 2.24. The quantitative estimate of drug-likeness (QED) is 0.721. The van der Waals surface area contributed by atoms with Crippen molar-refractivity contribution >= 4 is 16.9 Å². The molecule has 2 heterocycles. The zero-order valence-electron chi connectivity index (χ0n) is 13.4. The van der Waals surface area contributed by atoms with E-state index < -0.39 is 17.6 Å². The van der Waals surface area contributed by atoms with Crippen LogP contribution in [-0.4, -0.2) is 27.7 Å². The van der Waals surface area contributed by atoms with Gasteiger partial charge in [0, 0.05) is 35.3 Å². The maximum atomic E-state index is 12.3. The van der Waals surface area contributed by atoms with Crippen LogP contribution in [0.5, 0.6) is 5.75 Å². The molecule has 0 aliphatic rings. The number of nitrogens with zero attached hydrogens (tertiary/aromatic N) is 1. The highest BCUT2D eigenvalue weighted by molar-refractivity contribution is 5.84. The van der Waals surface area contributed by atoms with E-state index in [-0.39, 0.29) is 5.75 Å². The fourth-order valence-corrected chi connectivity index (χ4v) is 3.02. The van der Waals surface area contributed by atoms with Crippen molar-refractivity contribution in [3.05, 3.63) is 64.2 Å². The molecule has 0 aliphatic carbocycles. The number of hydrogen-bond acceptors (Lipinski definition) is 4. The number of para-hydroxylation sites is 1. The Morgan fingerprint density at radius 1 is 1.33 bits per heavy atom. The van der Waals surface area contributed by atoms with Crippen molar-refractivity contribution < 1.29 is 14.6 Å². The summed E-state index contributed by atoms with van der Waals surface area (Å²) in [6.07, 6.45) is 2.14.